The summed E-state index contributed by atoms with van der Waals surface area (Å²) in [5.41, 5.74) is -0.0452. The molecule has 2 atom stereocenters. The smallest absolute Gasteiger partial charge is 0.314 e. The summed E-state index contributed by atoms with van der Waals surface area (Å²) in [4.78, 5) is 40.0. The third kappa shape index (κ3) is 10.3. The van der Waals surface area contributed by atoms with E-state index in [-0.39, 0.29) is 45.9 Å². The van der Waals surface area contributed by atoms with Crippen LogP contribution in [0.2, 0.25) is 0 Å². The normalized spacial score (nSPS) is 15.1. The average molecular weight is 568 g/mol. The minimum absolute atomic E-state index is 0.0389. The molecule has 1 amide bonds. The molecule has 0 aliphatic carbocycles. The summed E-state index contributed by atoms with van der Waals surface area (Å²) >= 11 is 0. The molecule has 0 aliphatic heterocycles. The van der Waals surface area contributed by atoms with E-state index in [1.165, 1.54) is 0 Å². The van der Waals surface area contributed by atoms with Crippen LogP contribution in [0.15, 0.2) is 48.1 Å². The number of amides is 1. The van der Waals surface area contributed by atoms with Gasteiger partial charge in [-0.1, -0.05) is 87.5 Å². The van der Waals surface area contributed by atoms with Crippen molar-refractivity contribution in [1.82, 2.24) is 5.32 Å². The number of carbonyl (C=O) groups is 3. The Balaban J connectivity index is 3.31. The van der Waals surface area contributed by atoms with Crippen LogP contribution in [0.25, 0.3) is 0 Å². The Hall–Kier alpha value is -2.69. The van der Waals surface area contributed by atoms with E-state index in [2.05, 4.69) is 74.6 Å². The van der Waals surface area contributed by atoms with Gasteiger partial charge in [-0.15, -0.1) is 0 Å². The number of ether oxygens (including phenoxy) is 1. The van der Waals surface area contributed by atoms with Crippen molar-refractivity contribution in [2.45, 2.75) is 116 Å². The third-order valence-electron chi connectivity index (χ3n) is 8.48. The molecule has 0 saturated heterocycles. The average Bonchev–Trinajstić information content (AvgIpc) is 2.82. The quantitative estimate of drug-likeness (QED) is 0.0899. The van der Waals surface area contributed by atoms with Gasteiger partial charge in [0.05, 0.1) is 5.92 Å². The third-order valence-corrected chi connectivity index (χ3v) is 8.48. The zero-order chi connectivity index (χ0) is 32.0. The van der Waals surface area contributed by atoms with Crippen LogP contribution in [-0.2, 0) is 9.59 Å². The number of hydrogen-bond donors (Lipinski definition) is 1. The number of rotatable bonds is 12. The number of nitrogens with one attached hydrogen (secondary N) is 1. The number of ketones is 1. The molecule has 5 nitrogen and oxygen atoms in total. The topological polar surface area (TPSA) is 72.5 Å². The molecule has 230 valence electrons. The lowest BCUT2D eigenvalue weighted by atomic mass is 9.54. The molecule has 0 saturated carbocycles. The predicted octanol–water partition coefficient (Wildman–Crippen LogP) is 8.98. The van der Waals surface area contributed by atoms with Crippen LogP contribution in [0.1, 0.15) is 120 Å². The summed E-state index contributed by atoms with van der Waals surface area (Å²) in [5.74, 6) is -0.549. The highest BCUT2D eigenvalue weighted by atomic mass is 16.5. The van der Waals surface area contributed by atoms with Gasteiger partial charge in [-0.25, -0.2) is 0 Å². The molecule has 1 N–H and O–H groups in total. The maximum absolute atomic E-state index is 13.7. The number of allylic oxidation sites excluding steroid dienone is 4. The first kappa shape index (κ1) is 36.3. The second kappa shape index (κ2) is 14.0. The zero-order valence-electron chi connectivity index (χ0n) is 28.3. The van der Waals surface area contributed by atoms with E-state index in [1.54, 1.807) is 36.4 Å². The molecule has 0 spiro atoms. The Bertz CT molecular complexity index is 1110. The SMILES string of the molecule is C/C=C\C(=C/C)C(=O)c1ccc(OC(=O)C(CC(C)(C)C(C)(C)C(CC(C)(C)C)C(=O)NC(C)C)C(C)(C)C)cc1. The van der Waals surface area contributed by atoms with Crippen LogP contribution in [-0.4, -0.2) is 23.7 Å². The van der Waals surface area contributed by atoms with Gasteiger partial charge in [0.1, 0.15) is 5.75 Å². The van der Waals surface area contributed by atoms with E-state index in [4.69, 9.17) is 4.74 Å². The maximum Gasteiger partial charge on any atom is 0.314 e. The number of esters is 1. The van der Waals surface area contributed by atoms with Crippen molar-refractivity contribution in [3.8, 4) is 5.75 Å². The van der Waals surface area contributed by atoms with E-state index in [9.17, 15) is 14.4 Å². The molecule has 1 aromatic carbocycles. The lowest BCUT2D eigenvalue weighted by Gasteiger charge is -2.50. The highest BCUT2D eigenvalue weighted by Crippen LogP contribution is 2.53. The van der Waals surface area contributed by atoms with Crippen LogP contribution < -0.4 is 10.1 Å². The van der Waals surface area contributed by atoms with Gasteiger partial charge in [-0.05, 0) is 86.5 Å². The van der Waals surface area contributed by atoms with E-state index in [0.717, 1.165) is 6.42 Å². The molecule has 1 aromatic rings. The Morgan fingerprint density at radius 2 is 1.37 bits per heavy atom. The molecule has 2 unspecified atom stereocenters. The van der Waals surface area contributed by atoms with Gasteiger partial charge in [-0.2, -0.15) is 0 Å². The van der Waals surface area contributed by atoms with E-state index in [0.29, 0.717) is 23.3 Å². The fourth-order valence-electron chi connectivity index (χ4n) is 5.17. The summed E-state index contributed by atoms with van der Waals surface area (Å²) in [5, 5.41) is 3.15. The van der Waals surface area contributed by atoms with E-state index < -0.39 is 11.3 Å². The van der Waals surface area contributed by atoms with Gasteiger partial charge in [0.2, 0.25) is 5.91 Å². The molecular formula is C36H57NO4. The van der Waals surface area contributed by atoms with Crippen LogP contribution >= 0.6 is 0 Å². The van der Waals surface area contributed by atoms with Crippen LogP contribution in [0.4, 0.5) is 0 Å². The largest absolute Gasteiger partial charge is 0.426 e. The Labute approximate surface area is 250 Å². The Kier molecular flexibility index (Phi) is 12.4. The van der Waals surface area contributed by atoms with Crippen molar-refractivity contribution in [3.05, 3.63) is 53.6 Å². The first-order chi connectivity index (χ1) is 18.6. The molecule has 5 heteroatoms. The number of benzene rings is 1. The van der Waals surface area contributed by atoms with E-state index >= 15 is 0 Å². The second-order valence-corrected chi connectivity index (χ2v) is 15.2. The minimum atomic E-state index is -0.414. The van der Waals surface area contributed by atoms with Crippen molar-refractivity contribution in [2.24, 2.45) is 33.5 Å². The minimum Gasteiger partial charge on any atom is -0.426 e. The van der Waals surface area contributed by atoms with Crippen molar-refractivity contribution in [1.29, 1.82) is 0 Å². The van der Waals surface area contributed by atoms with Crippen LogP contribution in [0.3, 0.4) is 0 Å². The fourth-order valence-corrected chi connectivity index (χ4v) is 5.17. The van der Waals surface area contributed by atoms with Gasteiger partial charge in [-0.3, -0.25) is 14.4 Å². The van der Waals surface area contributed by atoms with Gasteiger partial charge in [0, 0.05) is 23.1 Å². The van der Waals surface area contributed by atoms with Crippen molar-refractivity contribution >= 4 is 17.7 Å². The van der Waals surface area contributed by atoms with Gasteiger partial charge >= 0.3 is 5.97 Å². The standard InChI is InChI=1S/C36H57NO4/c1-15-17-25(16-2)30(38)26-18-20-27(21-19-26)41-32(40)29(34(8,9)10)23-35(11,12)36(13,14)28(22-33(5,6)7)31(39)37-24(3)4/h15-21,24,28-29H,22-23H2,1-14H3,(H,37,39)/b17-15-,25-16+. The summed E-state index contributed by atoms with van der Waals surface area (Å²) < 4.78 is 5.91. The second-order valence-electron chi connectivity index (χ2n) is 15.2. The summed E-state index contributed by atoms with van der Waals surface area (Å²) in [6.07, 6.45) is 6.70. The molecule has 0 fully saturated rings. The number of hydrogen-bond acceptors (Lipinski definition) is 4. The summed E-state index contributed by atoms with van der Waals surface area (Å²) in [6, 6.07) is 6.80. The molecular weight excluding hydrogens is 510 g/mol. The Morgan fingerprint density at radius 3 is 1.78 bits per heavy atom. The van der Waals surface area contributed by atoms with Crippen LogP contribution in [0, 0.1) is 33.5 Å². The van der Waals surface area contributed by atoms with Crippen molar-refractivity contribution < 1.29 is 19.1 Å². The van der Waals surface area contributed by atoms with Gasteiger partial charge in [0.15, 0.2) is 5.78 Å². The lowest BCUT2D eigenvalue weighted by Crippen LogP contribution is -2.50. The molecule has 0 radical (unpaired) electrons. The zero-order valence-corrected chi connectivity index (χ0v) is 28.3. The predicted molar refractivity (Wildman–Crippen MR) is 171 cm³/mol. The summed E-state index contributed by atoms with van der Waals surface area (Å²) in [6.45, 7) is 29.0. The fraction of sp³-hybridized carbons (Fsp3) is 0.639. The highest BCUT2D eigenvalue weighted by Gasteiger charge is 2.50. The first-order valence-corrected chi connectivity index (χ1v) is 15.0. The molecule has 0 aliphatic rings. The van der Waals surface area contributed by atoms with E-state index in [1.807, 2.05) is 33.8 Å². The molecule has 0 heterocycles. The molecule has 0 bridgehead atoms. The number of carbonyl (C=O) groups excluding carboxylic acids is 3. The van der Waals surface area contributed by atoms with Crippen molar-refractivity contribution in [2.75, 3.05) is 0 Å². The molecule has 1 rings (SSSR count). The van der Waals surface area contributed by atoms with Gasteiger partial charge in [0.25, 0.3) is 0 Å². The first-order valence-electron chi connectivity index (χ1n) is 15.0. The monoisotopic (exact) mass is 567 g/mol. The Morgan fingerprint density at radius 1 is 0.829 bits per heavy atom. The lowest BCUT2D eigenvalue weighted by molar-refractivity contribution is -0.147. The molecule has 41 heavy (non-hydrogen) atoms. The van der Waals surface area contributed by atoms with Crippen molar-refractivity contribution in [3.63, 3.8) is 0 Å². The molecule has 0 aromatic heterocycles. The number of Topliss-reactive ketones (excluding diaryl/α,β-unsaturated/α-hetero) is 1. The van der Waals surface area contributed by atoms with Crippen LogP contribution in [0.5, 0.6) is 5.75 Å². The van der Waals surface area contributed by atoms with Gasteiger partial charge < -0.3 is 10.1 Å². The summed E-state index contributed by atoms with van der Waals surface area (Å²) in [7, 11) is 0. The maximum atomic E-state index is 13.7. The highest BCUT2D eigenvalue weighted by molar-refractivity contribution is 6.10.